The van der Waals surface area contributed by atoms with Crippen LogP contribution in [0.15, 0.2) is 24.3 Å². The Labute approximate surface area is 125 Å². The maximum Gasteiger partial charge on any atom is 0.240 e. The first-order chi connectivity index (χ1) is 9.97. The topological polar surface area (TPSA) is 37.4 Å². The van der Waals surface area contributed by atoms with Crippen LogP contribution in [0.4, 0.5) is 5.69 Å². The van der Waals surface area contributed by atoms with Crippen LogP contribution in [0.5, 0.6) is 0 Å². The van der Waals surface area contributed by atoms with Gasteiger partial charge in [-0.1, -0.05) is 32.0 Å². The van der Waals surface area contributed by atoms with Crippen molar-refractivity contribution in [1.82, 2.24) is 0 Å². The fourth-order valence-electron chi connectivity index (χ4n) is 4.77. The number of para-hydroxylation sites is 1. The first kappa shape index (κ1) is 13.1. The third kappa shape index (κ3) is 1.49. The summed E-state index contributed by atoms with van der Waals surface area (Å²) in [5.74, 6) is 0.623. The fourth-order valence-corrected chi connectivity index (χ4v) is 4.77. The highest BCUT2D eigenvalue weighted by atomic mass is 16.2. The molecular weight excluding hydrogens is 262 g/mol. The molecule has 2 fully saturated rings. The van der Waals surface area contributed by atoms with Crippen molar-refractivity contribution in [3.8, 4) is 0 Å². The Hall–Kier alpha value is -1.64. The lowest BCUT2D eigenvalue weighted by Gasteiger charge is -2.34. The molecule has 3 heteroatoms. The zero-order valence-corrected chi connectivity index (χ0v) is 12.7. The Morgan fingerprint density at radius 1 is 1.29 bits per heavy atom. The molecule has 0 N–H and O–H groups in total. The number of Topliss-reactive ketones (excluding diaryl/α,β-unsaturated/α-hetero) is 1. The molecule has 3 aliphatic rings. The van der Waals surface area contributed by atoms with Gasteiger partial charge in [-0.05, 0) is 43.2 Å². The molecule has 0 unspecified atom stereocenters. The molecule has 1 aromatic rings. The predicted octanol–water partition coefficient (Wildman–Crippen LogP) is 2.97. The normalized spacial score (nSPS) is 32.6. The summed E-state index contributed by atoms with van der Waals surface area (Å²) in [6, 6.07) is 8.08. The molecular formula is C18H21NO2. The number of ketones is 1. The number of anilines is 1. The Morgan fingerprint density at radius 3 is 2.76 bits per heavy atom. The monoisotopic (exact) mass is 283 g/mol. The second-order valence-corrected chi connectivity index (χ2v) is 7.41. The number of amides is 1. The highest BCUT2D eigenvalue weighted by molar-refractivity contribution is 6.16. The highest BCUT2D eigenvalue weighted by Gasteiger charge is 2.66. The fraction of sp³-hybridized carbons (Fsp3) is 0.556. The summed E-state index contributed by atoms with van der Waals surface area (Å²) < 4.78 is 0. The van der Waals surface area contributed by atoms with Crippen molar-refractivity contribution >= 4 is 17.4 Å². The molecule has 0 saturated heterocycles. The van der Waals surface area contributed by atoms with Crippen LogP contribution in [0.2, 0.25) is 0 Å². The molecule has 4 rings (SSSR count). The largest absolute Gasteiger partial charge is 0.311 e. The van der Waals surface area contributed by atoms with E-state index in [2.05, 4.69) is 6.07 Å². The van der Waals surface area contributed by atoms with Gasteiger partial charge in [0.25, 0.3) is 0 Å². The lowest BCUT2D eigenvalue weighted by Crippen LogP contribution is -2.48. The smallest absolute Gasteiger partial charge is 0.240 e. The Kier molecular flexibility index (Phi) is 2.46. The van der Waals surface area contributed by atoms with Crippen molar-refractivity contribution in [2.75, 3.05) is 11.4 Å². The molecule has 2 atom stereocenters. The Bertz CT molecular complexity index is 648. The SMILES string of the molecule is CC1(C)C(=O)[C@@]2(C(=O)N3CCc4ccccc43)CC[C@H]1C2. The van der Waals surface area contributed by atoms with Crippen molar-refractivity contribution in [3.63, 3.8) is 0 Å². The average Bonchev–Trinajstić information content (AvgIpc) is 3.14. The maximum atomic E-state index is 13.2. The van der Waals surface area contributed by atoms with E-state index < -0.39 is 5.41 Å². The number of fused-ring (bicyclic) bond motifs is 3. The van der Waals surface area contributed by atoms with Gasteiger partial charge in [0.2, 0.25) is 5.91 Å². The summed E-state index contributed by atoms with van der Waals surface area (Å²) in [6.07, 6.45) is 3.42. The van der Waals surface area contributed by atoms with Crippen LogP contribution in [0.25, 0.3) is 0 Å². The molecule has 0 spiro atoms. The van der Waals surface area contributed by atoms with Gasteiger partial charge in [-0.3, -0.25) is 9.59 Å². The molecule has 1 heterocycles. The quantitative estimate of drug-likeness (QED) is 0.743. The zero-order valence-electron chi connectivity index (χ0n) is 12.7. The number of hydrogen-bond donors (Lipinski definition) is 0. The molecule has 0 aromatic heterocycles. The van der Waals surface area contributed by atoms with E-state index in [1.807, 2.05) is 36.9 Å². The van der Waals surface area contributed by atoms with Gasteiger partial charge < -0.3 is 4.90 Å². The molecule has 1 aromatic carbocycles. The van der Waals surface area contributed by atoms with Crippen molar-refractivity contribution in [2.45, 2.75) is 39.5 Å². The van der Waals surface area contributed by atoms with Gasteiger partial charge in [0.05, 0.1) is 0 Å². The molecule has 1 amide bonds. The van der Waals surface area contributed by atoms with Gasteiger partial charge in [-0.25, -0.2) is 0 Å². The summed E-state index contributed by atoms with van der Waals surface area (Å²) in [4.78, 5) is 27.9. The lowest BCUT2D eigenvalue weighted by molar-refractivity contribution is -0.143. The van der Waals surface area contributed by atoms with Crippen LogP contribution < -0.4 is 4.90 Å². The van der Waals surface area contributed by atoms with Gasteiger partial charge in [-0.2, -0.15) is 0 Å². The van der Waals surface area contributed by atoms with E-state index >= 15 is 0 Å². The molecule has 2 aliphatic carbocycles. The molecule has 2 saturated carbocycles. The predicted molar refractivity (Wildman–Crippen MR) is 81.1 cm³/mol. The van der Waals surface area contributed by atoms with Gasteiger partial charge >= 0.3 is 0 Å². The molecule has 3 nitrogen and oxygen atoms in total. The first-order valence-electron chi connectivity index (χ1n) is 7.91. The molecule has 0 radical (unpaired) electrons. The van der Waals surface area contributed by atoms with Crippen LogP contribution in [0.1, 0.15) is 38.7 Å². The van der Waals surface area contributed by atoms with Crippen molar-refractivity contribution in [3.05, 3.63) is 29.8 Å². The van der Waals surface area contributed by atoms with Crippen molar-refractivity contribution < 1.29 is 9.59 Å². The van der Waals surface area contributed by atoms with E-state index in [-0.39, 0.29) is 17.1 Å². The third-order valence-electron chi connectivity index (χ3n) is 6.10. The Balaban J connectivity index is 1.72. The molecule has 2 bridgehead atoms. The van der Waals surface area contributed by atoms with E-state index in [4.69, 9.17) is 0 Å². The number of benzene rings is 1. The van der Waals surface area contributed by atoms with Crippen LogP contribution in [-0.2, 0) is 16.0 Å². The molecule has 110 valence electrons. The van der Waals surface area contributed by atoms with Gasteiger partial charge in [0.15, 0.2) is 5.78 Å². The maximum absolute atomic E-state index is 13.2. The summed E-state index contributed by atoms with van der Waals surface area (Å²) in [5.41, 5.74) is 1.18. The minimum atomic E-state index is -0.731. The summed E-state index contributed by atoms with van der Waals surface area (Å²) in [5, 5.41) is 0. The summed E-state index contributed by atoms with van der Waals surface area (Å²) in [6.45, 7) is 4.76. The van der Waals surface area contributed by atoms with Crippen molar-refractivity contribution in [2.24, 2.45) is 16.7 Å². The second-order valence-electron chi connectivity index (χ2n) is 7.41. The van der Waals surface area contributed by atoms with E-state index in [9.17, 15) is 9.59 Å². The number of carbonyl (C=O) groups excluding carboxylic acids is 2. The third-order valence-corrected chi connectivity index (χ3v) is 6.10. The van der Waals surface area contributed by atoms with Crippen LogP contribution in [-0.4, -0.2) is 18.2 Å². The minimum absolute atomic E-state index is 0.0607. The zero-order chi connectivity index (χ0) is 14.8. The standard InChI is InChI=1S/C18H21NO2/c1-17(2)13-7-9-18(11-13,15(17)20)16(21)19-10-8-12-5-3-4-6-14(12)19/h3-6,13H,7-11H2,1-2H3/t13-,18+/m0/s1. The summed E-state index contributed by atoms with van der Waals surface area (Å²) in [7, 11) is 0. The average molecular weight is 283 g/mol. The van der Waals surface area contributed by atoms with E-state index in [0.29, 0.717) is 5.92 Å². The Morgan fingerprint density at radius 2 is 2.05 bits per heavy atom. The number of hydrogen-bond acceptors (Lipinski definition) is 2. The second kappa shape index (κ2) is 3.96. The van der Waals surface area contributed by atoms with Crippen molar-refractivity contribution in [1.29, 1.82) is 0 Å². The van der Waals surface area contributed by atoms with E-state index in [1.165, 1.54) is 5.56 Å². The highest BCUT2D eigenvalue weighted by Crippen LogP contribution is 2.61. The number of carbonyl (C=O) groups is 2. The van der Waals surface area contributed by atoms with Crippen LogP contribution in [0, 0.1) is 16.7 Å². The van der Waals surface area contributed by atoms with Crippen LogP contribution >= 0.6 is 0 Å². The number of nitrogens with zero attached hydrogens (tertiary/aromatic N) is 1. The van der Waals surface area contributed by atoms with Gasteiger partial charge in [0, 0.05) is 17.6 Å². The molecule has 21 heavy (non-hydrogen) atoms. The first-order valence-corrected chi connectivity index (χ1v) is 7.91. The van der Waals surface area contributed by atoms with Gasteiger partial charge in [0.1, 0.15) is 5.41 Å². The lowest BCUT2D eigenvalue weighted by atomic mass is 9.70. The molecule has 1 aliphatic heterocycles. The number of rotatable bonds is 1. The summed E-state index contributed by atoms with van der Waals surface area (Å²) >= 11 is 0. The van der Waals surface area contributed by atoms with Gasteiger partial charge in [-0.15, -0.1) is 0 Å². The van der Waals surface area contributed by atoms with E-state index in [1.54, 1.807) is 0 Å². The van der Waals surface area contributed by atoms with E-state index in [0.717, 1.165) is 37.9 Å². The van der Waals surface area contributed by atoms with Crippen LogP contribution in [0.3, 0.4) is 0 Å². The minimum Gasteiger partial charge on any atom is -0.311 e.